The Morgan fingerprint density at radius 3 is 2.35 bits per heavy atom. The van der Waals surface area contributed by atoms with Crippen molar-refractivity contribution in [2.45, 2.75) is 0 Å². The van der Waals surface area contributed by atoms with Crippen LogP contribution < -0.4 is 10.2 Å². The van der Waals surface area contributed by atoms with Crippen molar-refractivity contribution in [3.8, 4) is 0 Å². The molecule has 0 bridgehead atoms. The van der Waals surface area contributed by atoms with Gasteiger partial charge in [-0.05, 0) is 36.4 Å². The van der Waals surface area contributed by atoms with Gasteiger partial charge in [0.25, 0.3) is 5.91 Å². The number of amides is 1. The number of nitrogens with zero attached hydrogens (tertiary/aromatic N) is 1. The molecule has 23 heavy (non-hydrogen) atoms. The Bertz CT molecular complexity index is 699. The molecule has 0 aliphatic rings. The molecule has 2 rings (SSSR count). The van der Waals surface area contributed by atoms with Gasteiger partial charge in [0.1, 0.15) is 0 Å². The van der Waals surface area contributed by atoms with Gasteiger partial charge in [0.15, 0.2) is 6.61 Å². The summed E-state index contributed by atoms with van der Waals surface area (Å²) < 4.78 is 4.99. The number of para-hydroxylation sites is 1. The quantitative estimate of drug-likeness (QED) is 0.854. The zero-order chi connectivity index (χ0) is 16.8. The smallest absolute Gasteiger partial charge is 0.338 e. The summed E-state index contributed by atoms with van der Waals surface area (Å²) >= 11 is 5.94. The number of anilines is 2. The third-order valence-electron chi connectivity index (χ3n) is 3.10. The van der Waals surface area contributed by atoms with Crippen LogP contribution in [0.15, 0.2) is 48.5 Å². The Morgan fingerprint density at radius 1 is 1.09 bits per heavy atom. The van der Waals surface area contributed by atoms with Crippen LogP contribution in [0.5, 0.6) is 0 Å². The summed E-state index contributed by atoms with van der Waals surface area (Å²) in [7, 11) is 3.82. The lowest BCUT2D eigenvalue weighted by Crippen LogP contribution is -2.21. The molecular weight excluding hydrogens is 316 g/mol. The van der Waals surface area contributed by atoms with Crippen molar-refractivity contribution in [1.29, 1.82) is 0 Å². The number of hydrogen-bond donors (Lipinski definition) is 1. The largest absolute Gasteiger partial charge is 0.452 e. The van der Waals surface area contributed by atoms with Crippen LogP contribution in [-0.2, 0) is 9.53 Å². The average Bonchev–Trinajstić information content (AvgIpc) is 2.55. The van der Waals surface area contributed by atoms with Gasteiger partial charge < -0.3 is 15.0 Å². The number of ether oxygens (including phenoxy) is 1. The first-order valence-electron chi connectivity index (χ1n) is 6.96. The van der Waals surface area contributed by atoms with Gasteiger partial charge in [-0.15, -0.1) is 0 Å². The number of hydrogen-bond acceptors (Lipinski definition) is 4. The van der Waals surface area contributed by atoms with Gasteiger partial charge >= 0.3 is 5.97 Å². The second-order valence-electron chi connectivity index (χ2n) is 5.05. The highest BCUT2D eigenvalue weighted by Crippen LogP contribution is 2.20. The molecule has 0 unspecified atom stereocenters. The lowest BCUT2D eigenvalue weighted by atomic mass is 10.2. The van der Waals surface area contributed by atoms with Gasteiger partial charge in [0.05, 0.1) is 16.3 Å². The van der Waals surface area contributed by atoms with E-state index in [4.69, 9.17) is 16.3 Å². The fraction of sp³-hybridized carbons (Fsp3) is 0.176. The molecule has 1 N–H and O–H groups in total. The first-order chi connectivity index (χ1) is 11.0. The summed E-state index contributed by atoms with van der Waals surface area (Å²) in [6, 6.07) is 13.8. The van der Waals surface area contributed by atoms with E-state index in [0.717, 1.165) is 5.69 Å². The van der Waals surface area contributed by atoms with E-state index >= 15 is 0 Å². The highest BCUT2D eigenvalue weighted by Gasteiger charge is 2.11. The van der Waals surface area contributed by atoms with Crippen LogP contribution >= 0.6 is 11.6 Å². The number of halogens is 1. The molecule has 0 spiro atoms. The zero-order valence-electron chi connectivity index (χ0n) is 12.9. The molecular formula is C17H17ClN2O3. The van der Waals surface area contributed by atoms with Gasteiger partial charge in [-0.3, -0.25) is 4.79 Å². The summed E-state index contributed by atoms with van der Waals surface area (Å²) in [5.74, 6) is -0.999. The van der Waals surface area contributed by atoms with E-state index in [0.29, 0.717) is 16.3 Å². The number of nitrogens with one attached hydrogen (secondary N) is 1. The van der Waals surface area contributed by atoms with Crippen LogP contribution in [0.1, 0.15) is 10.4 Å². The molecule has 0 aliphatic carbocycles. The summed E-state index contributed by atoms with van der Waals surface area (Å²) in [6.07, 6.45) is 0. The minimum absolute atomic E-state index is 0.376. The molecule has 0 heterocycles. The Labute approximate surface area is 139 Å². The van der Waals surface area contributed by atoms with Crippen LogP contribution in [0.4, 0.5) is 11.4 Å². The van der Waals surface area contributed by atoms with Crippen LogP contribution in [0, 0.1) is 0 Å². The van der Waals surface area contributed by atoms with Gasteiger partial charge in [-0.2, -0.15) is 0 Å². The van der Waals surface area contributed by atoms with E-state index < -0.39 is 11.9 Å². The maximum Gasteiger partial charge on any atom is 0.338 e. The monoisotopic (exact) mass is 332 g/mol. The number of rotatable bonds is 5. The van der Waals surface area contributed by atoms with Crippen LogP contribution in [0.3, 0.4) is 0 Å². The van der Waals surface area contributed by atoms with Crippen LogP contribution in [0.2, 0.25) is 5.02 Å². The first kappa shape index (κ1) is 16.8. The lowest BCUT2D eigenvalue weighted by Gasteiger charge is -2.12. The highest BCUT2D eigenvalue weighted by molar-refractivity contribution is 6.33. The topological polar surface area (TPSA) is 58.6 Å². The summed E-state index contributed by atoms with van der Waals surface area (Å²) in [6.45, 7) is -0.376. The van der Waals surface area contributed by atoms with Crippen molar-refractivity contribution in [2.24, 2.45) is 0 Å². The molecule has 0 atom stereocenters. The second kappa shape index (κ2) is 7.65. The molecule has 5 nitrogen and oxygen atoms in total. The van der Waals surface area contributed by atoms with E-state index in [1.165, 1.54) is 0 Å². The minimum Gasteiger partial charge on any atom is -0.452 e. The Hall–Kier alpha value is -2.53. The highest BCUT2D eigenvalue weighted by atomic mass is 35.5. The maximum absolute atomic E-state index is 11.9. The van der Waals surface area contributed by atoms with Crippen molar-refractivity contribution in [3.63, 3.8) is 0 Å². The molecule has 120 valence electrons. The molecule has 2 aromatic rings. The fourth-order valence-electron chi connectivity index (χ4n) is 1.86. The maximum atomic E-state index is 11.9. The Balaban J connectivity index is 1.88. The molecule has 0 aromatic heterocycles. The molecule has 0 fully saturated rings. The third kappa shape index (κ3) is 4.72. The van der Waals surface area contributed by atoms with E-state index in [-0.39, 0.29) is 6.61 Å². The minimum atomic E-state index is -0.551. The van der Waals surface area contributed by atoms with Gasteiger partial charge in [0, 0.05) is 19.8 Å². The van der Waals surface area contributed by atoms with Crippen molar-refractivity contribution in [2.75, 3.05) is 30.9 Å². The molecule has 2 aromatic carbocycles. The van der Waals surface area contributed by atoms with E-state index in [1.54, 1.807) is 48.5 Å². The van der Waals surface area contributed by atoms with Gasteiger partial charge in [0.2, 0.25) is 0 Å². The molecule has 1 amide bonds. The molecule has 6 heteroatoms. The van der Waals surface area contributed by atoms with Crippen LogP contribution in [0.25, 0.3) is 0 Å². The Kier molecular flexibility index (Phi) is 5.60. The van der Waals surface area contributed by atoms with Crippen LogP contribution in [-0.4, -0.2) is 32.6 Å². The third-order valence-corrected chi connectivity index (χ3v) is 3.43. The average molecular weight is 333 g/mol. The number of benzene rings is 2. The number of carbonyl (C=O) groups excluding carboxylic acids is 2. The number of carbonyl (C=O) groups is 2. The molecule has 0 saturated carbocycles. The Morgan fingerprint density at radius 2 is 1.74 bits per heavy atom. The van der Waals surface area contributed by atoms with E-state index in [2.05, 4.69) is 5.32 Å². The van der Waals surface area contributed by atoms with Crippen molar-refractivity contribution < 1.29 is 14.3 Å². The predicted molar refractivity (Wildman–Crippen MR) is 91.1 cm³/mol. The molecule has 0 radical (unpaired) electrons. The normalized spacial score (nSPS) is 10.0. The van der Waals surface area contributed by atoms with Gasteiger partial charge in [-0.1, -0.05) is 23.7 Å². The summed E-state index contributed by atoms with van der Waals surface area (Å²) in [5, 5.41) is 3.01. The summed E-state index contributed by atoms with van der Waals surface area (Å²) in [5.41, 5.74) is 1.84. The van der Waals surface area contributed by atoms with Crippen molar-refractivity contribution >= 4 is 34.9 Å². The van der Waals surface area contributed by atoms with E-state index in [1.807, 2.05) is 19.0 Å². The van der Waals surface area contributed by atoms with E-state index in [9.17, 15) is 9.59 Å². The summed E-state index contributed by atoms with van der Waals surface area (Å²) in [4.78, 5) is 25.6. The molecule has 0 aliphatic heterocycles. The predicted octanol–water partition coefficient (Wildman–Crippen LogP) is 3.20. The fourth-order valence-corrected chi connectivity index (χ4v) is 2.04. The SMILES string of the molecule is CN(C)c1ccc(C(=O)OCC(=O)Nc2ccccc2Cl)cc1. The second-order valence-corrected chi connectivity index (χ2v) is 5.45. The lowest BCUT2D eigenvalue weighted by molar-refractivity contribution is -0.119. The van der Waals surface area contributed by atoms with Crippen molar-refractivity contribution in [1.82, 2.24) is 0 Å². The standard InChI is InChI=1S/C17H17ClN2O3/c1-20(2)13-9-7-12(8-10-13)17(22)23-11-16(21)19-15-6-4-3-5-14(15)18/h3-10H,11H2,1-2H3,(H,19,21). The molecule has 0 saturated heterocycles. The zero-order valence-corrected chi connectivity index (χ0v) is 13.6. The number of esters is 1. The van der Waals surface area contributed by atoms with Crippen molar-refractivity contribution in [3.05, 3.63) is 59.1 Å². The van der Waals surface area contributed by atoms with Gasteiger partial charge in [-0.25, -0.2) is 4.79 Å². The first-order valence-corrected chi connectivity index (χ1v) is 7.34.